The van der Waals surface area contributed by atoms with Gasteiger partial charge in [0.2, 0.25) is 15.9 Å². The zero-order valence-electron chi connectivity index (χ0n) is 15.5. The molecule has 1 saturated heterocycles. The topological polar surface area (TPSA) is 107 Å². The molecule has 0 unspecified atom stereocenters. The van der Waals surface area contributed by atoms with Gasteiger partial charge in [0, 0.05) is 19.0 Å². The lowest BCUT2D eigenvalue weighted by Crippen LogP contribution is -2.51. The van der Waals surface area contributed by atoms with Crippen LogP contribution in [0.15, 0.2) is 29.2 Å². The van der Waals surface area contributed by atoms with Gasteiger partial charge in [-0.15, -0.1) is 0 Å². The van der Waals surface area contributed by atoms with Crippen molar-refractivity contribution in [3.05, 3.63) is 29.8 Å². The van der Waals surface area contributed by atoms with Gasteiger partial charge in [0.1, 0.15) is 0 Å². The molecule has 0 radical (unpaired) electrons. The summed E-state index contributed by atoms with van der Waals surface area (Å²) in [6.45, 7) is 2.35. The number of amides is 1. The fourth-order valence-electron chi connectivity index (χ4n) is 2.99. The van der Waals surface area contributed by atoms with Crippen molar-refractivity contribution < 1.29 is 23.1 Å². The lowest BCUT2D eigenvalue weighted by molar-refractivity contribution is -0.308. The van der Waals surface area contributed by atoms with Gasteiger partial charge in [-0.1, -0.05) is 17.7 Å². The summed E-state index contributed by atoms with van der Waals surface area (Å²) < 4.78 is 26.8. The van der Waals surface area contributed by atoms with Gasteiger partial charge in [-0.2, -0.15) is 16.1 Å². The van der Waals surface area contributed by atoms with Crippen molar-refractivity contribution in [2.45, 2.75) is 37.1 Å². The predicted molar refractivity (Wildman–Crippen MR) is 103 cm³/mol. The van der Waals surface area contributed by atoms with E-state index >= 15 is 0 Å². The predicted octanol–water partition coefficient (Wildman–Crippen LogP) is 0.384. The molecule has 27 heavy (non-hydrogen) atoms. The number of rotatable bonds is 8. The summed E-state index contributed by atoms with van der Waals surface area (Å²) in [5, 5.41) is 13.7. The van der Waals surface area contributed by atoms with E-state index in [4.69, 9.17) is 0 Å². The molecule has 1 aromatic carbocycles. The molecule has 2 rings (SSSR count). The minimum Gasteiger partial charge on any atom is -0.548 e. The quantitative estimate of drug-likeness (QED) is 0.660. The summed E-state index contributed by atoms with van der Waals surface area (Å²) in [4.78, 5) is 23.8. The molecule has 1 aliphatic rings. The van der Waals surface area contributed by atoms with Crippen LogP contribution in [0.3, 0.4) is 0 Å². The Balaban J connectivity index is 1.94. The van der Waals surface area contributed by atoms with Crippen molar-refractivity contribution in [2.24, 2.45) is 5.92 Å². The molecule has 1 amide bonds. The zero-order chi connectivity index (χ0) is 20.0. The van der Waals surface area contributed by atoms with E-state index in [1.165, 1.54) is 16.1 Å². The van der Waals surface area contributed by atoms with Crippen LogP contribution >= 0.6 is 11.8 Å². The number of aliphatic carboxylic acids is 1. The lowest BCUT2D eigenvalue weighted by atomic mass is 9.96. The van der Waals surface area contributed by atoms with Crippen LogP contribution in [0.25, 0.3) is 0 Å². The van der Waals surface area contributed by atoms with Gasteiger partial charge < -0.3 is 15.2 Å². The van der Waals surface area contributed by atoms with Gasteiger partial charge in [-0.3, -0.25) is 4.79 Å². The van der Waals surface area contributed by atoms with Gasteiger partial charge in [0.25, 0.3) is 0 Å². The van der Waals surface area contributed by atoms with Gasteiger partial charge in [-0.25, -0.2) is 8.42 Å². The third kappa shape index (κ3) is 5.70. The summed E-state index contributed by atoms with van der Waals surface area (Å²) in [5.74, 6) is -1.44. The maximum atomic E-state index is 12.7. The second-order valence-electron chi connectivity index (χ2n) is 6.65. The monoisotopic (exact) mass is 413 g/mol. The first-order valence-electron chi connectivity index (χ1n) is 8.82. The average Bonchev–Trinajstić information content (AvgIpc) is 2.65. The van der Waals surface area contributed by atoms with Crippen molar-refractivity contribution in [2.75, 3.05) is 25.1 Å². The fourth-order valence-corrected chi connectivity index (χ4v) is 4.93. The van der Waals surface area contributed by atoms with Crippen LogP contribution in [-0.2, 0) is 19.6 Å². The molecule has 1 fully saturated rings. The van der Waals surface area contributed by atoms with Gasteiger partial charge >= 0.3 is 0 Å². The molecular formula is C18H25N2O5S2-. The number of hydrogen-bond acceptors (Lipinski definition) is 6. The number of thioether (sulfide) groups is 1. The first-order valence-corrected chi connectivity index (χ1v) is 11.7. The van der Waals surface area contributed by atoms with Crippen LogP contribution in [0.5, 0.6) is 0 Å². The summed E-state index contributed by atoms with van der Waals surface area (Å²) >= 11 is 1.50. The number of hydrogen-bond donors (Lipinski definition) is 1. The number of sulfonamides is 1. The lowest BCUT2D eigenvalue weighted by Gasteiger charge is -2.31. The van der Waals surface area contributed by atoms with E-state index in [1.807, 2.05) is 13.2 Å². The minimum atomic E-state index is -3.58. The molecule has 0 aliphatic carbocycles. The van der Waals surface area contributed by atoms with E-state index in [-0.39, 0.29) is 23.9 Å². The van der Waals surface area contributed by atoms with E-state index in [0.717, 1.165) is 5.56 Å². The summed E-state index contributed by atoms with van der Waals surface area (Å²) in [7, 11) is -3.58. The molecule has 1 N–H and O–H groups in total. The Morgan fingerprint density at radius 3 is 2.37 bits per heavy atom. The summed E-state index contributed by atoms with van der Waals surface area (Å²) in [6, 6.07) is 5.65. The number of carboxylic acid groups (broad SMARTS) is 1. The first-order chi connectivity index (χ1) is 12.8. The number of piperidine rings is 1. The third-order valence-electron chi connectivity index (χ3n) is 4.70. The van der Waals surface area contributed by atoms with Crippen LogP contribution in [0.4, 0.5) is 0 Å². The molecule has 0 saturated carbocycles. The summed E-state index contributed by atoms with van der Waals surface area (Å²) in [6.07, 6.45) is 2.88. The molecule has 1 aromatic rings. The number of nitrogens with one attached hydrogen (secondary N) is 1. The van der Waals surface area contributed by atoms with Crippen LogP contribution in [0, 0.1) is 12.8 Å². The number of carbonyl (C=O) groups excluding carboxylic acids is 2. The molecule has 0 spiro atoms. The normalized spacial score (nSPS) is 17.4. The number of nitrogens with zero attached hydrogens (tertiary/aromatic N) is 1. The SMILES string of the molecule is CSCC[C@H](NC(=O)C1CCN(S(=O)(=O)c2ccc(C)cc2)CC1)C(=O)[O-]. The van der Waals surface area contributed by atoms with Crippen LogP contribution in [0.1, 0.15) is 24.8 Å². The maximum absolute atomic E-state index is 12.7. The van der Waals surface area contributed by atoms with Crippen LogP contribution < -0.4 is 10.4 Å². The second-order valence-corrected chi connectivity index (χ2v) is 9.58. The highest BCUT2D eigenvalue weighted by Gasteiger charge is 2.32. The Kier molecular flexibility index (Phi) is 7.69. The molecule has 1 aliphatic heterocycles. The molecule has 1 atom stereocenters. The highest BCUT2D eigenvalue weighted by molar-refractivity contribution is 7.98. The molecule has 7 nitrogen and oxygen atoms in total. The number of carboxylic acids is 1. The largest absolute Gasteiger partial charge is 0.548 e. The van der Waals surface area contributed by atoms with E-state index < -0.39 is 28.0 Å². The van der Waals surface area contributed by atoms with Crippen molar-refractivity contribution in [1.29, 1.82) is 0 Å². The Hall–Kier alpha value is -1.58. The minimum absolute atomic E-state index is 0.231. The van der Waals surface area contributed by atoms with Crippen LogP contribution in [-0.4, -0.2) is 55.7 Å². The van der Waals surface area contributed by atoms with Gasteiger partial charge in [-0.05, 0) is 50.3 Å². The fraction of sp³-hybridized carbons (Fsp3) is 0.556. The average molecular weight is 414 g/mol. The Labute approximate surface area is 164 Å². The number of carbonyl (C=O) groups is 2. The summed E-state index contributed by atoms with van der Waals surface area (Å²) in [5.41, 5.74) is 0.980. The highest BCUT2D eigenvalue weighted by atomic mass is 32.2. The van der Waals surface area contributed by atoms with Gasteiger partial charge in [0.05, 0.1) is 16.9 Å². The van der Waals surface area contributed by atoms with E-state index in [2.05, 4.69) is 5.32 Å². The molecule has 1 heterocycles. The highest BCUT2D eigenvalue weighted by Crippen LogP contribution is 2.24. The first kappa shape index (κ1) is 21.7. The smallest absolute Gasteiger partial charge is 0.243 e. The van der Waals surface area contributed by atoms with Crippen molar-refractivity contribution in [3.63, 3.8) is 0 Å². The standard InChI is InChI=1S/C18H26N2O5S2/c1-13-3-5-15(6-4-13)27(24,25)20-10-7-14(8-11-20)17(21)19-16(18(22)23)9-12-26-2/h3-6,14,16H,7-12H2,1-2H3,(H,19,21)(H,22,23)/p-1/t16-/m0/s1. The molecule has 0 bridgehead atoms. The molecule has 0 aromatic heterocycles. The molecular weight excluding hydrogens is 388 g/mol. The van der Waals surface area contributed by atoms with E-state index in [1.54, 1.807) is 24.3 Å². The Bertz CT molecular complexity index is 756. The van der Waals surface area contributed by atoms with E-state index in [0.29, 0.717) is 25.0 Å². The zero-order valence-corrected chi connectivity index (χ0v) is 17.1. The van der Waals surface area contributed by atoms with E-state index in [9.17, 15) is 23.1 Å². The second kappa shape index (κ2) is 9.57. The third-order valence-corrected chi connectivity index (χ3v) is 7.25. The van der Waals surface area contributed by atoms with Crippen molar-refractivity contribution in [3.8, 4) is 0 Å². The maximum Gasteiger partial charge on any atom is 0.243 e. The Morgan fingerprint density at radius 2 is 1.85 bits per heavy atom. The molecule has 150 valence electrons. The van der Waals surface area contributed by atoms with Crippen molar-refractivity contribution in [1.82, 2.24) is 9.62 Å². The van der Waals surface area contributed by atoms with Gasteiger partial charge in [0.15, 0.2) is 0 Å². The number of aryl methyl sites for hydroxylation is 1. The van der Waals surface area contributed by atoms with Crippen LogP contribution in [0.2, 0.25) is 0 Å². The Morgan fingerprint density at radius 1 is 1.26 bits per heavy atom. The molecule has 9 heteroatoms. The number of benzene rings is 1. The van der Waals surface area contributed by atoms with Crippen molar-refractivity contribution >= 4 is 33.7 Å².